The SMILES string of the molecule is COc1cc(C(=O)Oc2cccc(C=NNC(=O)COc3ccc(Cl)c(C)c3)c2)cc(OC)c1OC. The molecule has 0 unspecified atom stereocenters. The molecule has 188 valence electrons. The van der Waals surface area contributed by atoms with Crippen molar-refractivity contribution >= 4 is 29.7 Å². The minimum absolute atomic E-state index is 0.215. The fraction of sp³-hybridized carbons (Fsp3) is 0.192. The molecule has 10 heteroatoms. The Morgan fingerprint density at radius 1 is 0.944 bits per heavy atom. The lowest BCUT2D eigenvalue weighted by Crippen LogP contribution is -2.24. The Balaban J connectivity index is 1.59. The second-order valence-electron chi connectivity index (χ2n) is 7.37. The van der Waals surface area contributed by atoms with Crippen molar-refractivity contribution in [2.45, 2.75) is 6.92 Å². The molecule has 1 N–H and O–H groups in total. The standard InChI is InChI=1S/C26H25ClN2O7/c1-16-10-19(8-9-21(16)27)35-15-24(30)29-28-14-17-6-5-7-20(11-17)36-26(31)18-12-22(32-2)25(34-4)23(13-18)33-3/h5-14H,15H2,1-4H3,(H,29,30). The number of rotatable bonds is 10. The first kappa shape index (κ1) is 26.4. The highest BCUT2D eigenvalue weighted by atomic mass is 35.5. The fourth-order valence-electron chi connectivity index (χ4n) is 3.09. The third kappa shape index (κ3) is 6.89. The maximum atomic E-state index is 12.7. The van der Waals surface area contributed by atoms with E-state index in [9.17, 15) is 9.59 Å². The van der Waals surface area contributed by atoms with Gasteiger partial charge in [0.1, 0.15) is 11.5 Å². The van der Waals surface area contributed by atoms with Crippen LogP contribution in [0.5, 0.6) is 28.7 Å². The number of halogens is 1. The Labute approximate surface area is 213 Å². The van der Waals surface area contributed by atoms with E-state index >= 15 is 0 Å². The van der Waals surface area contributed by atoms with Gasteiger partial charge in [-0.3, -0.25) is 4.79 Å². The first-order valence-corrected chi connectivity index (χ1v) is 11.1. The van der Waals surface area contributed by atoms with Gasteiger partial charge >= 0.3 is 5.97 Å². The highest BCUT2D eigenvalue weighted by Crippen LogP contribution is 2.38. The molecular formula is C26H25ClN2O7. The van der Waals surface area contributed by atoms with Gasteiger partial charge < -0.3 is 23.7 Å². The van der Waals surface area contributed by atoms with Gasteiger partial charge in [-0.2, -0.15) is 5.10 Å². The van der Waals surface area contributed by atoms with E-state index in [1.54, 1.807) is 42.5 Å². The number of methoxy groups -OCH3 is 3. The van der Waals surface area contributed by atoms with Crippen molar-refractivity contribution in [1.82, 2.24) is 5.43 Å². The molecule has 0 saturated carbocycles. The number of aryl methyl sites for hydroxylation is 1. The van der Waals surface area contributed by atoms with E-state index in [0.29, 0.717) is 33.6 Å². The van der Waals surface area contributed by atoms with Gasteiger partial charge in [0.15, 0.2) is 18.1 Å². The number of nitrogens with zero attached hydrogens (tertiary/aromatic N) is 1. The highest BCUT2D eigenvalue weighted by Gasteiger charge is 2.18. The molecule has 0 saturated heterocycles. The minimum atomic E-state index is -0.619. The van der Waals surface area contributed by atoms with Crippen molar-refractivity contribution in [3.63, 3.8) is 0 Å². The smallest absolute Gasteiger partial charge is 0.343 e. The van der Waals surface area contributed by atoms with Gasteiger partial charge in [-0.25, -0.2) is 10.2 Å². The van der Waals surface area contributed by atoms with E-state index in [4.69, 9.17) is 35.3 Å². The summed E-state index contributed by atoms with van der Waals surface area (Å²) in [4.78, 5) is 24.7. The van der Waals surface area contributed by atoms with E-state index in [1.165, 1.54) is 39.7 Å². The average molecular weight is 513 g/mol. The first-order chi connectivity index (χ1) is 17.3. The van der Waals surface area contributed by atoms with Crippen LogP contribution in [-0.4, -0.2) is 46.0 Å². The number of carbonyl (C=O) groups excluding carboxylic acids is 2. The Bertz CT molecular complexity index is 1250. The average Bonchev–Trinajstić information content (AvgIpc) is 2.88. The Morgan fingerprint density at radius 3 is 2.31 bits per heavy atom. The van der Waals surface area contributed by atoms with Crippen LogP contribution in [0, 0.1) is 6.92 Å². The number of hydrogen-bond acceptors (Lipinski definition) is 8. The van der Waals surface area contributed by atoms with Gasteiger partial charge in [0.25, 0.3) is 5.91 Å². The number of esters is 1. The van der Waals surface area contributed by atoms with Crippen LogP contribution in [0.15, 0.2) is 59.7 Å². The quantitative estimate of drug-likeness (QED) is 0.185. The molecule has 36 heavy (non-hydrogen) atoms. The molecule has 0 radical (unpaired) electrons. The number of ether oxygens (including phenoxy) is 5. The summed E-state index contributed by atoms with van der Waals surface area (Å²) in [7, 11) is 4.39. The number of carbonyl (C=O) groups is 2. The predicted molar refractivity (Wildman–Crippen MR) is 135 cm³/mol. The summed E-state index contributed by atoms with van der Waals surface area (Å²) in [6.45, 7) is 1.63. The monoisotopic (exact) mass is 512 g/mol. The van der Waals surface area contributed by atoms with Crippen LogP contribution in [0.25, 0.3) is 0 Å². The summed E-state index contributed by atoms with van der Waals surface area (Å²) in [6, 6.07) is 14.7. The number of amides is 1. The molecule has 0 bridgehead atoms. The molecule has 0 aliphatic carbocycles. The normalized spacial score (nSPS) is 10.6. The topological polar surface area (TPSA) is 105 Å². The maximum absolute atomic E-state index is 12.7. The molecule has 0 aromatic heterocycles. The molecule has 0 aliphatic rings. The van der Waals surface area contributed by atoms with Crippen LogP contribution in [-0.2, 0) is 4.79 Å². The summed E-state index contributed by atoms with van der Waals surface area (Å²) in [6.07, 6.45) is 1.42. The van der Waals surface area contributed by atoms with Crippen molar-refractivity contribution < 1.29 is 33.3 Å². The summed E-state index contributed by atoms with van der Waals surface area (Å²) in [5, 5.41) is 4.53. The number of nitrogens with one attached hydrogen (secondary N) is 1. The highest BCUT2D eigenvalue weighted by molar-refractivity contribution is 6.31. The molecular weight excluding hydrogens is 488 g/mol. The summed E-state index contributed by atoms with van der Waals surface area (Å²) in [5.74, 6) is 0.773. The summed E-state index contributed by atoms with van der Waals surface area (Å²) >= 11 is 5.98. The van der Waals surface area contributed by atoms with Gasteiger partial charge in [0.2, 0.25) is 5.75 Å². The Kier molecular flexibility index (Phi) is 9.13. The molecule has 3 aromatic carbocycles. The van der Waals surface area contributed by atoms with Crippen molar-refractivity contribution in [2.24, 2.45) is 5.10 Å². The van der Waals surface area contributed by atoms with Gasteiger partial charge in [-0.1, -0.05) is 23.7 Å². The molecule has 0 fully saturated rings. The van der Waals surface area contributed by atoms with Gasteiger partial charge in [0.05, 0.1) is 33.1 Å². The number of benzene rings is 3. The van der Waals surface area contributed by atoms with E-state index in [1.807, 2.05) is 6.92 Å². The zero-order valence-corrected chi connectivity index (χ0v) is 20.9. The lowest BCUT2D eigenvalue weighted by Gasteiger charge is -2.13. The van der Waals surface area contributed by atoms with Crippen molar-refractivity contribution in [2.75, 3.05) is 27.9 Å². The molecule has 3 rings (SSSR count). The Morgan fingerprint density at radius 2 is 1.67 bits per heavy atom. The zero-order chi connectivity index (χ0) is 26.1. The third-order valence-corrected chi connectivity index (χ3v) is 5.30. The van der Waals surface area contributed by atoms with E-state index in [-0.39, 0.29) is 17.9 Å². The predicted octanol–water partition coefficient (Wildman–Crippen LogP) is 4.42. The molecule has 0 spiro atoms. The van der Waals surface area contributed by atoms with Crippen molar-refractivity contribution in [3.8, 4) is 28.7 Å². The molecule has 0 aliphatic heterocycles. The molecule has 1 amide bonds. The van der Waals surface area contributed by atoms with Gasteiger partial charge in [0, 0.05) is 5.02 Å². The zero-order valence-electron chi connectivity index (χ0n) is 20.2. The largest absolute Gasteiger partial charge is 0.493 e. The van der Waals surface area contributed by atoms with Crippen LogP contribution in [0.3, 0.4) is 0 Å². The second-order valence-corrected chi connectivity index (χ2v) is 7.78. The Hall–Kier alpha value is -4.24. The van der Waals surface area contributed by atoms with Crippen LogP contribution in [0.2, 0.25) is 5.02 Å². The minimum Gasteiger partial charge on any atom is -0.493 e. The van der Waals surface area contributed by atoms with E-state index < -0.39 is 11.9 Å². The van der Waals surface area contributed by atoms with E-state index in [2.05, 4.69) is 10.5 Å². The molecule has 0 heterocycles. The maximum Gasteiger partial charge on any atom is 0.343 e. The first-order valence-electron chi connectivity index (χ1n) is 10.7. The van der Waals surface area contributed by atoms with Crippen molar-refractivity contribution in [1.29, 1.82) is 0 Å². The summed E-state index contributed by atoms with van der Waals surface area (Å²) < 4.78 is 26.7. The van der Waals surface area contributed by atoms with E-state index in [0.717, 1.165) is 5.56 Å². The lowest BCUT2D eigenvalue weighted by molar-refractivity contribution is -0.123. The van der Waals surface area contributed by atoms with Crippen LogP contribution >= 0.6 is 11.6 Å². The molecule has 0 atom stereocenters. The second kappa shape index (κ2) is 12.5. The van der Waals surface area contributed by atoms with Gasteiger partial charge in [-0.05, 0) is 60.5 Å². The third-order valence-electron chi connectivity index (χ3n) is 4.87. The van der Waals surface area contributed by atoms with Crippen molar-refractivity contribution in [3.05, 3.63) is 76.3 Å². The van der Waals surface area contributed by atoms with Crippen LogP contribution in [0.4, 0.5) is 0 Å². The van der Waals surface area contributed by atoms with Crippen LogP contribution in [0.1, 0.15) is 21.5 Å². The van der Waals surface area contributed by atoms with Gasteiger partial charge in [-0.15, -0.1) is 0 Å². The summed E-state index contributed by atoms with van der Waals surface area (Å²) in [5.41, 5.74) is 4.04. The molecule has 9 nitrogen and oxygen atoms in total. The fourth-order valence-corrected chi connectivity index (χ4v) is 3.21. The van der Waals surface area contributed by atoms with Crippen LogP contribution < -0.4 is 29.1 Å². The molecule has 3 aromatic rings. The number of hydrogen-bond donors (Lipinski definition) is 1. The number of hydrazone groups is 1. The lowest BCUT2D eigenvalue weighted by atomic mass is 10.1.